The van der Waals surface area contributed by atoms with Crippen molar-refractivity contribution in [1.29, 1.82) is 0 Å². The van der Waals surface area contributed by atoms with Crippen LogP contribution >= 0.6 is 0 Å². The molecule has 5 rings (SSSR count). The molecule has 2 heterocycles. The molecule has 0 radical (unpaired) electrons. The highest BCUT2D eigenvalue weighted by atomic mass is 16.3. The Morgan fingerprint density at radius 1 is 0.871 bits per heavy atom. The Morgan fingerprint density at radius 3 is 2.39 bits per heavy atom. The first-order valence-corrected chi connectivity index (χ1v) is 10.6. The molecule has 156 valence electrons. The molecule has 31 heavy (non-hydrogen) atoms. The van der Waals surface area contributed by atoms with Gasteiger partial charge in [-0.2, -0.15) is 0 Å². The Bertz CT molecular complexity index is 1240. The van der Waals surface area contributed by atoms with E-state index in [0.717, 1.165) is 40.7 Å². The van der Waals surface area contributed by atoms with E-state index in [1.807, 2.05) is 77.7 Å². The summed E-state index contributed by atoms with van der Waals surface area (Å²) in [4.78, 5) is 28.3. The molecule has 0 atom stereocenters. The molecule has 0 saturated carbocycles. The molecular formula is C25H24N3O3+. The van der Waals surface area contributed by atoms with Gasteiger partial charge in [0.05, 0.1) is 26.2 Å². The lowest BCUT2D eigenvalue weighted by atomic mass is 10.1. The third kappa shape index (κ3) is 4.02. The van der Waals surface area contributed by atoms with E-state index >= 15 is 0 Å². The third-order valence-corrected chi connectivity index (χ3v) is 5.85. The van der Waals surface area contributed by atoms with E-state index in [1.165, 1.54) is 4.90 Å². The van der Waals surface area contributed by atoms with Gasteiger partial charge in [-0.3, -0.25) is 9.59 Å². The summed E-state index contributed by atoms with van der Waals surface area (Å²) >= 11 is 0. The molecule has 1 aliphatic rings. The molecule has 1 aliphatic heterocycles. The number of fused-ring (bicyclic) bond motifs is 3. The van der Waals surface area contributed by atoms with E-state index in [-0.39, 0.29) is 11.8 Å². The molecule has 0 aliphatic carbocycles. The molecule has 0 bridgehead atoms. The van der Waals surface area contributed by atoms with Gasteiger partial charge in [0.2, 0.25) is 0 Å². The molecule has 0 spiro atoms. The van der Waals surface area contributed by atoms with Crippen LogP contribution < -0.4 is 10.2 Å². The predicted molar refractivity (Wildman–Crippen MR) is 120 cm³/mol. The average molecular weight is 414 g/mol. The minimum atomic E-state index is -0.0232. The Kier molecular flexibility index (Phi) is 5.14. The molecule has 3 aromatic carbocycles. The zero-order valence-electron chi connectivity index (χ0n) is 17.1. The van der Waals surface area contributed by atoms with Gasteiger partial charge in [0, 0.05) is 22.0 Å². The second kappa shape index (κ2) is 8.24. The second-order valence-corrected chi connectivity index (χ2v) is 7.94. The van der Waals surface area contributed by atoms with E-state index in [0.29, 0.717) is 25.2 Å². The number of piperazine rings is 1. The zero-order chi connectivity index (χ0) is 21.2. The molecule has 6 heteroatoms. The van der Waals surface area contributed by atoms with Crippen LogP contribution in [-0.4, -0.2) is 49.4 Å². The number of amides is 2. The van der Waals surface area contributed by atoms with Crippen LogP contribution in [0.2, 0.25) is 0 Å². The van der Waals surface area contributed by atoms with Crippen molar-refractivity contribution in [2.45, 2.75) is 0 Å². The van der Waals surface area contributed by atoms with Gasteiger partial charge in [-0.05, 0) is 36.4 Å². The normalized spacial score (nSPS) is 14.8. The average Bonchev–Trinajstić information content (AvgIpc) is 3.18. The minimum Gasteiger partial charge on any atom is -0.456 e. The van der Waals surface area contributed by atoms with Crippen molar-refractivity contribution in [3.63, 3.8) is 0 Å². The van der Waals surface area contributed by atoms with Crippen LogP contribution in [0.3, 0.4) is 0 Å². The standard InChI is InChI=1S/C25H23N3O3/c29-24(17-27-12-14-28(15-13-27)25(30)18-6-2-1-3-7-18)26-19-10-11-23-21(16-19)20-8-4-5-9-22(20)31-23/h1-11,16H,12-15,17H2,(H,26,29)/p+1. The van der Waals surface area contributed by atoms with Crippen molar-refractivity contribution < 1.29 is 18.9 Å². The summed E-state index contributed by atoms with van der Waals surface area (Å²) in [5, 5.41) is 5.05. The molecule has 2 N–H and O–H groups in total. The molecule has 2 amide bonds. The van der Waals surface area contributed by atoms with Crippen LogP contribution in [0.15, 0.2) is 77.2 Å². The van der Waals surface area contributed by atoms with Crippen molar-refractivity contribution in [2.24, 2.45) is 0 Å². The number of quaternary nitrogens is 1. The summed E-state index contributed by atoms with van der Waals surface area (Å²) < 4.78 is 5.85. The molecule has 6 nitrogen and oxygen atoms in total. The Hall–Kier alpha value is -3.64. The maximum absolute atomic E-state index is 12.6. The van der Waals surface area contributed by atoms with Gasteiger partial charge in [0.15, 0.2) is 6.54 Å². The van der Waals surface area contributed by atoms with Gasteiger partial charge in [-0.15, -0.1) is 0 Å². The van der Waals surface area contributed by atoms with Crippen molar-refractivity contribution in [3.8, 4) is 0 Å². The van der Waals surface area contributed by atoms with Crippen LogP contribution in [-0.2, 0) is 4.79 Å². The number of rotatable bonds is 4. The molecular weight excluding hydrogens is 390 g/mol. The number of hydrogen-bond acceptors (Lipinski definition) is 3. The van der Waals surface area contributed by atoms with Gasteiger partial charge >= 0.3 is 0 Å². The summed E-state index contributed by atoms with van der Waals surface area (Å²) in [6.45, 7) is 3.22. The third-order valence-electron chi connectivity index (χ3n) is 5.85. The fourth-order valence-corrected chi connectivity index (χ4v) is 4.20. The quantitative estimate of drug-likeness (QED) is 0.539. The van der Waals surface area contributed by atoms with Gasteiger partial charge in [0.1, 0.15) is 11.2 Å². The van der Waals surface area contributed by atoms with Crippen molar-refractivity contribution in [1.82, 2.24) is 4.90 Å². The number of para-hydroxylation sites is 1. The maximum Gasteiger partial charge on any atom is 0.279 e. The van der Waals surface area contributed by atoms with Crippen LogP contribution in [0.5, 0.6) is 0 Å². The topological polar surface area (TPSA) is 67.0 Å². The van der Waals surface area contributed by atoms with E-state index in [1.54, 1.807) is 0 Å². The number of carbonyl (C=O) groups excluding carboxylic acids is 2. The minimum absolute atomic E-state index is 0.0232. The number of nitrogens with zero attached hydrogens (tertiary/aromatic N) is 1. The lowest BCUT2D eigenvalue weighted by molar-refractivity contribution is -0.895. The van der Waals surface area contributed by atoms with E-state index in [9.17, 15) is 9.59 Å². The van der Waals surface area contributed by atoms with Gasteiger partial charge in [-0.1, -0.05) is 36.4 Å². The first-order valence-electron chi connectivity index (χ1n) is 10.6. The highest BCUT2D eigenvalue weighted by molar-refractivity contribution is 6.07. The van der Waals surface area contributed by atoms with Crippen LogP contribution in [0.4, 0.5) is 5.69 Å². The Morgan fingerprint density at radius 2 is 1.58 bits per heavy atom. The Balaban J connectivity index is 1.19. The summed E-state index contributed by atoms with van der Waals surface area (Å²) in [6, 6.07) is 23.0. The van der Waals surface area contributed by atoms with Crippen LogP contribution in [0.25, 0.3) is 21.9 Å². The largest absolute Gasteiger partial charge is 0.456 e. The van der Waals surface area contributed by atoms with E-state index in [2.05, 4.69) is 5.32 Å². The first kappa shape index (κ1) is 19.3. The van der Waals surface area contributed by atoms with Crippen molar-refractivity contribution in [2.75, 3.05) is 38.0 Å². The lowest BCUT2D eigenvalue weighted by Crippen LogP contribution is -3.15. The second-order valence-electron chi connectivity index (χ2n) is 7.94. The zero-order valence-corrected chi connectivity index (χ0v) is 17.1. The summed E-state index contributed by atoms with van der Waals surface area (Å²) in [6.07, 6.45) is 0. The monoisotopic (exact) mass is 414 g/mol. The first-order chi connectivity index (χ1) is 15.2. The predicted octanol–water partition coefficient (Wildman–Crippen LogP) is 2.57. The fraction of sp³-hybridized carbons (Fsp3) is 0.200. The molecule has 0 unspecified atom stereocenters. The summed E-state index contributed by atoms with van der Waals surface area (Å²) in [5.41, 5.74) is 3.13. The van der Waals surface area contributed by atoms with Gasteiger partial charge in [-0.25, -0.2) is 0 Å². The molecule has 1 fully saturated rings. The number of carbonyl (C=O) groups is 2. The highest BCUT2D eigenvalue weighted by Gasteiger charge is 2.25. The summed E-state index contributed by atoms with van der Waals surface area (Å²) in [7, 11) is 0. The maximum atomic E-state index is 12.6. The molecule has 4 aromatic rings. The molecule has 1 saturated heterocycles. The number of benzene rings is 3. The van der Waals surface area contributed by atoms with Gasteiger partial charge < -0.3 is 19.5 Å². The van der Waals surface area contributed by atoms with E-state index < -0.39 is 0 Å². The van der Waals surface area contributed by atoms with Crippen LogP contribution in [0.1, 0.15) is 10.4 Å². The molecule has 1 aromatic heterocycles. The Labute approximate surface area is 180 Å². The number of hydrogen-bond donors (Lipinski definition) is 2. The number of nitrogens with one attached hydrogen (secondary N) is 2. The van der Waals surface area contributed by atoms with Crippen LogP contribution in [0, 0.1) is 0 Å². The lowest BCUT2D eigenvalue weighted by Gasteiger charge is -2.32. The summed E-state index contributed by atoms with van der Waals surface area (Å²) in [5.74, 6) is 0.0368. The van der Waals surface area contributed by atoms with Crippen molar-refractivity contribution >= 4 is 39.4 Å². The SMILES string of the molecule is O=C(C[NH+]1CCN(C(=O)c2ccccc2)CC1)Nc1ccc2oc3ccccc3c2c1. The fourth-order valence-electron chi connectivity index (χ4n) is 4.20. The van der Waals surface area contributed by atoms with Gasteiger partial charge in [0.25, 0.3) is 11.8 Å². The van der Waals surface area contributed by atoms with E-state index in [4.69, 9.17) is 4.42 Å². The smallest absolute Gasteiger partial charge is 0.279 e. The number of furan rings is 1. The number of anilines is 1. The van der Waals surface area contributed by atoms with Crippen molar-refractivity contribution in [3.05, 3.63) is 78.4 Å². The highest BCUT2D eigenvalue weighted by Crippen LogP contribution is 2.30.